The summed E-state index contributed by atoms with van der Waals surface area (Å²) in [5, 5.41) is 26.9. The van der Waals surface area contributed by atoms with Crippen LogP contribution in [0.25, 0.3) is 0 Å². The number of nitrogens with two attached hydrogens (primary N) is 1. The van der Waals surface area contributed by atoms with Gasteiger partial charge in [-0.05, 0) is 12.1 Å². The lowest BCUT2D eigenvalue weighted by atomic mass is 9.98. The van der Waals surface area contributed by atoms with E-state index in [1.807, 2.05) is 0 Å². The number of hydrogen-bond acceptors (Lipinski definition) is 4. The van der Waals surface area contributed by atoms with E-state index in [2.05, 4.69) is 15.9 Å². The van der Waals surface area contributed by atoms with Gasteiger partial charge in [0.2, 0.25) is 0 Å². The quantitative estimate of drug-likeness (QED) is 0.671. The van der Waals surface area contributed by atoms with Crippen LogP contribution in [0.4, 0.5) is 8.78 Å². The molecule has 0 fully saturated rings. The first-order chi connectivity index (χ1) is 8.20. The van der Waals surface area contributed by atoms with Crippen LogP contribution in [0, 0.1) is 0 Å². The van der Waals surface area contributed by atoms with Crippen molar-refractivity contribution in [2.75, 3.05) is 6.61 Å². The van der Waals surface area contributed by atoms with Gasteiger partial charge in [0, 0.05) is 10.0 Å². The number of phenols is 1. The molecule has 0 radical (unpaired) electrons. The number of rotatable bonds is 4. The molecule has 0 saturated heterocycles. The van der Waals surface area contributed by atoms with Crippen LogP contribution in [-0.2, 0) is 0 Å². The molecule has 5 nitrogen and oxygen atoms in total. The summed E-state index contributed by atoms with van der Waals surface area (Å²) in [5.41, 5.74) is 4.23. The molecule has 1 rings (SSSR count). The molecule has 100 valence electrons. The van der Waals surface area contributed by atoms with E-state index >= 15 is 0 Å². The zero-order valence-corrected chi connectivity index (χ0v) is 10.5. The van der Waals surface area contributed by atoms with Gasteiger partial charge in [-0.15, -0.1) is 0 Å². The zero-order chi connectivity index (χ0) is 14.1. The molecular weight excluding hydrogens is 316 g/mol. The van der Waals surface area contributed by atoms with Crippen molar-refractivity contribution < 1.29 is 28.9 Å². The molecule has 0 aromatic heterocycles. The van der Waals surface area contributed by atoms with Crippen LogP contribution in [0.15, 0.2) is 16.6 Å². The number of benzene rings is 1. The van der Waals surface area contributed by atoms with Crippen molar-refractivity contribution in [2.45, 2.75) is 12.0 Å². The van der Waals surface area contributed by atoms with E-state index in [4.69, 9.17) is 15.9 Å². The molecule has 0 aliphatic rings. The molecule has 0 spiro atoms. The number of aliphatic hydroxyl groups excluding tert-OH is 1. The van der Waals surface area contributed by atoms with Gasteiger partial charge < -0.3 is 21.1 Å². The summed E-state index contributed by atoms with van der Waals surface area (Å²) in [6.07, 6.45) is 0. The molecule has 1 aromatic rings. The van der Waals surface area contributed by atoms with Crippen molar-refractivity contribution in [3.8, 4) is 5.75 Å². The lowest BCUT2D eigenvalue weighted by Crippen LogP contribution is -2.36. The van der Waals surface area contributed by atoms with Crippen LogP contribution in [0.5, 0.6) is 5.75 Å². The second-order valence-electron chi connectivity index (χ2n) is 3.59. The largest absolute Gasteiger partial charge is 0.507 e. The predicted octanol–water partition coefficient (Wildman–Crippen LogP) is 1.48. The minimum Gasteiger partial charge on any atom is -0.507 e. The van der Waals surface area contributed by atoms with Crippen molar-refractivity contribution in [2.24, 2.45) is 5.73 Å². The van der Waals surface area contributed by atoms with Crippen molar-refractivity contribution >= 4 is 21.9 Å². The number of halogens is 3. The van der Waals surface area contributed by atoms with E-state index in [1.54, 1.807) is 0 Å². The van der Waals surface area contributed by atoms with Gasteiger partial charge in [-0.3, -0.25) is 0 Å². The van der Waals surface area contributed by atoms with Crippen molar-refractivity contribution in [1.29, 1.82) is 0 Å². The summed E-state index contributed by atoms with van der Waals surface area (Å²) in [7, 11) is 0. The summed E-state index contributed by atoms with van der Waals surface area (Å²) >= 11 is 2.94. The van der Waals surface area contributed by atoms with Crippen LogP contribution in [0.2, 0.25) is 0 Å². The molecule has 0 aliphatic heterocycles. The maximum atomic E-state index is 13.2. The topological polar surface area (TPSA) is 104 Å². The van der Waals surface area contributed by atoms with E-state index in [0.717, 1.165) is 12.1 Å². The van der Waals surface area contributed by atoms with E-state index < -0.39 is 41.4 Å². The van der Waals surface area contributed by atoms with Gasteiger partial charge in [0.15, 0.2) is 0 Å². The SMILES string of the molecule is N[C@@H](c1cc(Br)cc(C(=O)O)c1O)C(F)(F)CO. The summed E-state index contributed by atoms with van der Waals surface area (Å²) < 4.78 is 26.6. The summed E-state index contributed by atoms with van der Waals surface area (Å²) in [6.45, 7) is -1.51. The fourth-order valence-electron chi connectivity index (χ4n) is 1.35. The number of carboxylic acids is 1. The van der Waals surface area contributed by atoms with Gasteiger partial charge in [-0.2, -0.15) is 0 Å². The summed E-state index contributed by atoms with van der Waals surface area (Å²) in [6, 6.07) is 0.124. The summed E-state index contributed by atoms with van der Waals surface area (Å²) in [4.78, 5) is 10.8. The first kappa shape index (κ1) is 14.8. The number of aromatic carboxylic acids is 1. The molecule has 0 bridgehead atoms. The molecule has 0 saturated carbocycles. The van der Waals surface area contributed by atoms with Gasteiger partial charge in [0.1, 0.15) is 24.0 Å². The van der Waals surface area contributed by atoms with Crippen LogP contribution >= 0.6 is 15.9 Å². The normalized spacial score (nSPS) is 13.4. The lowest BCUT2D eigenvalue weighted by Gasteiger charge is -2.23. The van der Waals surface area contributed by atoms with Gasteiger partial charge in [0.25, 0.3) is 5.92 Å². The Morgan fingerprint density at radius 2 is 2.06 bits per heavy atom. The Balaban J connectivity index is 3.37. The molecule has 0 unspecified atom stereocenters. The fourth-order valence-corrected chi connectivity index (χ4v) is 1.82. The van der Waals surface area contributed by atoms with Gasteiger partial charge in [-0.1, -0.05) is 15.9 Å². The average Bonchev–Trinajstić information content (AvgIpc) is 2.30. The zero-order valence-electron chi connectivity index (χ0n) is 8.90. The lowest BCUT2D eigenvalue weighted by molar-refractivity contribution is -0.0716. The van der Waals surface area contributed by atoms with Crippen molar-refractivity contribution in [3.05, 3.63) is 27.7 Å². The maximum absolute atomic E-state index is 13.2. The van der Waals surface area contributed by atoms with Crippen LogP contribution in [-0.4, -0.2) is 33.8 Å². The number of alkyl halides is 2. The molecule has 5 N–H and O–H groups in total. The monoisotopic (exact) mass is 325 g/mol. The number of hydrogen-bond donors (Lipinski definition) is 4. The maximum Gasteiger partial charge on any atom is 0.339 e. The third kappa shape index (κ3) is 2.77. The Morgan fingerprint density at radius 3 is 2.50 bits per heavy atom. The molecule has 0 heterocycles. The second-order valence-corrected chi connectivity index (χ2v) is 4.51. The molecule has 8 heteroatoms. The molecule has 18 heavy (non-hydrogen) atoms. The predicted molar refractivity (Wildman–Crippen MR) is 61.7 cm³/mol. The first-order valence-electron chi connectivity index (χ1n) is 4.70. The number of carbonyl (C=O) groups is 1. The number of carboxylic acid groups (broad SMARTS) is 1. The van der Waals surface area contributed by atoms with E-state index in [-0.39, 0.29) is 4.47 Å². The van der Waals surface area contributed by atoms with Crippen LogP contribution in [0.1, 0.15) is 22.0 Å². The highest BCUT2D eigenvalue weighted by molar-refractivity contribution is 9.10. The molecule has 1 atom stereocenters. The number of aromatic hydroxyl groups is 1. The third-order valence-corrected chi connectivity index (χ3v) is 2.79. The fraction of sp³-hybridized carbons (Fsp3) is 0.300. The Labute approximate surface area is 109 Å². The molecule has 0 aliphatic carbocycles. The third-order valence-electron chi connectivity index (χ3n) is 2.34. The van der Waals surface area contributed by atoms with Crippen LogP contribution in [0.3, 0.4) is 0 Å². The van der Waals surface area contributed by atoms with E-state index in [0.29, 0.717) is 0 Å². The standard InChI is InChI=1S/C10H10BrF2NO4/c11-4-1-5(8(14)10(12,13)3-15)7(16)6(2-4)9(17)18/h1-2,8,15-16H,3,14H2,(H,17,18)/t8-/m0/s1. The minimum absolute atomic E-state index is 0.178. The molecule has 0 amide bonds. The highest BCUT2D eigenvalue weighted by Gasteiger charge is 2.39. The Kier molecular flexibility index (Phi) is 4.25. The van der Waals surface area contributed by atoms with E-state index in [1.165, 1.54) is 0 Å². The van der Waals surface area contributed by atoms with Gasteiger partial charge in [0.05, 0.1) is 0 Å². The minimum atomic E-state index is -3.67. The first-order valence-corrected chi connectivity index (χ1v) is 5.50. The van der Waals surface area contributed by atoms with Gasteiger partial charge in [-0.25, -0.2) is 13.6 Å². The van der Waals surface area contributed by atoms with Crippen LogP contribution < -0.4 is 5.73 Å². The molecular formula is C10H10BrF2NO4. The highest BCUT2D eigenvalue weighted by atomic mass is 79.9. The Bertz CT molecular complexity index is 481. The molecule has 1 aromatic carbocycles. The average molecular weight is 326 g/mol. The highest BCUT2D eigenvalue weighted by Crippen LogP contribution is 2.37. The van der Waals surface area contributed by atoms with Crippen molar-refractivity contribution in [3.63, 3.8) is 0 Å². The Hall–Kier alpha value is -1.25. The second kappa shape index (κ2) is 5.17. The Morgan fingerprint density at radius 1 is 1.50 bits per heavy atom. The summed E-state index contributed by atoms with van der Waals surface area (Å²) in [5.74, 6) is -5.99. The van der Waals surface area contributed by atoms with E-state index in [9.17, 15) is 18.7 Å². The smallest absolute Gasteiger partial charge is 0.339 e. The van der Waals surface area contributed by atoms with Crippen molar-refractivity contribution in [1.82, 2.24) is 0 Å². The van der Waals surface area contributed by atoms with Gasteiger partial charge >= 0.3 is 5.97 Å². The number of aliphatic hydroxyl groups is 1.